The minimum absolute atomic E-state index is 0.0283. The van der Waals surface area contributed by atoms with E-state index in [-0.39, 0.29) is 22.9 Å². The molecule has 1 aromatic carbocycles. The van der Waals surface area contributed by atoms with Gasteiger partial charge < -0.3 is 4.42 Å². The van der Waals surface area contributed by atoms with Gasteiger partial charge >= 0.3 is 0 Å². The third-order valence-corrected chi connectivity index (χ3v) is 5.35. The Balaban J connectivity index is 1.98. The molecule has 0 fully saturated rings. The SMILES string of the molecule is CC(CC(=O)c1ccco1)NS(=O)(=O)c1ccc(CCCCl)cc1. The zero-order valence-corrected chi connectivity index (χ0v) is 14.9. The van der Waals surface area contributed by atoms with Crippen molar-refractivity contribution in [2.45, 2.75) is 37.1 Å². The molecule has 2 rings (SSSR count). The van der Waals surface area contributed by atoms with Gasteiger partial charge in [0.15, 0.2) is 11.5 Å². The fourth-order valence-corrected chi connectivity index (χ4v) is 3.67. The molecule has 24 heavy (non-hydrogen) atoms. The third-order valence-electron chi connectivity index (χ3n) is 3.48. The van der Waals surface area contributed by atoms with Crippen LogP contribution in [0.4, 0.5) is 0 Å². The van der Waals surface area contributed by atoms with E-state index in [0.717, 1.165) is 18.4 Å². The Morgan fingerprint density at radius 3 is 2.54 bits per heavy atom. The molecule has 1 aromatic heterocycles. The number of ketones is 1. The molecule has 2 aromatic rings. The summed E-state index contributed by atoms with van der Waals surface area (Å²) in [7, 11) is -3.67. The van der Waals surface area contributed by atoms with Crippen LogP contribution in [0.15, 0.2) is 52.0 Å². The van der Waals surface area contributed by atoms with E-state index in [1.54, 1.807) is 43.3 Å². The summed E-state index contributed by atoms with van der Waals surface area (Å²) >= 11 is 5.65. The largest absolute Gasteiger partial charge is 0.461 e. The highest BCUT2D eigenvalue weighted by atomic mass is 35.5. The highest BCUT2D eigenvalue weighted by Gasteiger charge is 2.20. The van der Waals surface area contributed by atoms with Gasteiger partial charge in [0.25, 0.3) is 0 Å². The molecule has 0 aliphatic heterocycles. The van der Waals surface area contributed by atoms with Crippen molar-refractivity contribution in [2.75, 3.05) is 5.88 Å². The summed E-state index contributed by atoms with van der Waals surface area (Å²) in [5, 5.41) is 0. The Morgan fingerprint density at radius 2 is 1.96 bits per heavy atom. The fourth-order valence-electron chi connectivity index (χ4n) is 2.30. The molecule has 7 heteroatoms. The lowest BCUT2D eigenvalue weighted by Gasteiger charge is -2.13. The molecule has 5 nitrogen and oxygen atoms in total. The van der Waals surface area contributed by atoms with E-state index in [4.69, 9.17) is 16.0 Å². The summed E-state index contributed by atoms with van der Waals surface area (Å²) in [6.07, 6.45) is 3.09. The smallest absolute Gasteiger partial charge is 0.240 e. The minimum Gasteiger partial charge on any atom is -0.461 e. The predicted octanol–water partition coefficient (Wildman–Crippen LogP) is 3.39. The van der Waals surface area contributed by atoms with Crippen molar-refractivity contribution in [1.29, 1.82) is 0 Å². The summed E-state index contributed by atoms with van der Waals surface area (Å²) in [4.78, 5) is 12.1. The van der Waals surface area contributed by atoms with E-state index in [0.29, 0.717) is 5.88 Å². The van der Waals surface area contributed by atoms with Crippen LogP contribution in [0.5, 0.6) is 0 Å². The van der Waals surface area contributed by atoms with Gasteiger partial charge in [0.2, 0.25) is 10.0 Å². The van der Waals surface area contributed by atoms with Gasteiger partial charge in [-0.3, -0.25) is 4.79 Å². The quantitative estimate of drug-likeness (QED) is 0.543. The number of alkyl halides is 1. The molecule has 0 spiro atoms. The Labute approximate surface area is 147 Å². The number of nitrogens with one attached hydrogen (secondary N) is 1. The van der Waals surface area contributed by atoms with Gasteiger partial charge in [0.1, 0.15) is 0 Å². The van der Waals surface area contributed by atoms with Crippen LogP contribution in [0.2, 0.25) is 0 Å². The minimum atomic E-state index is -3.67. The van der Waals surface area contributed by atoms with E-state index >= 15 is 0 Å². The Hall–Kier alpha value is -1.63. The average Bonchev–Trinajstić information content (AvgIpc) is 3.07. The standard InChI is InChI=1S/C17H20ClNO4S/c1-13(12-16(20)17-5-3-11-23-17)19-24(21,22)15-8-6-14(7-9-15)4-2-10-18/h3,5-9,11,13,19H,2,4,10,12H2,1H3. The molecule has 0 saturated carbocycles. The molecular weight excluding hydrogens is 350 g/mol. The van der Waals surface area contributed by atoms with E-state index in [1.807, 2.05) is 0 Å². The summed E-state index contributed by atoms with van der Waals surface area (Å²) in [6, 6.07) is 9.32. The normalized spacial score (nSPS) is 12.9. The van der Waals surface area contributed by atoms with Crippen LogP contribution in [0.25, 0.3) is 0 Å². The first-order valence-corrected chi connectivity index (χ1v) is 9.68. The van der Waals surface area contributed by atoms with Crippen molar-refractivity contribution in [3.63, 3.8) is 0 Å². The number of rotatable bonds is 9. The molecule has 0 saturated heterocycles. The Kier molecular flexibility index (Phi) is 6.60. The van der Waals surface area contributed by atoms with Crippen LogP contribution in [-0.2, 0) is 16.4 Å². The van der Waals surface area contributed by atoms with Gasteiger partial charge in [-0.15, -0.1) is 11.6 Å². The van der Waals surface area contributed by atoms with E-state index in [9.17, 15) is 13.2 Å². The van der Waals surface area contributed by atoms with Crippen molar-refractivity contribution in [2.24, 2.45) is 0 Å². The third kappa shape index (κ3) is 5.19. The first-order valence-electron chi connectivity index (χ1n) is 7.66. The van der Waals surface area contributed by atoms with Gasteiger partial charge in [-0.2, -0.15) is 0 Å². The fraction of sp³-hybridized carbons (Fsp3) is 0.353. The maximum atomic E-state index is 12.4. The molecule has 130 valence electrons. The molecule has 1 N–H and O–H groups in total. The topological polar surface area (TPSA) is 76.4 Å². The van der Waals surface area contributed by atoms with E-state index < -0.39 is 16.1 Å². The van der Waals surface area contributed by atoms with Crippen LogP contribution < -0.4 is 4.72 Å². The second-order valence-electron chi connectivity index (χ2n) is 5.56. The molecule has 1 unspecified atom stereocenters. The molecule has 0 amide bonds. The van der Waals surface area contributed by atoms with Crippen LogP contribution in [0.1, 0.15) is 35.9 Å². The lowest BCUT2D eigenvalue weighted by molar-refractivity contribution is 0.0948. The zero-order chi connectivity index (χ0) is 17.6. The summed E-state index contributed by atoms with van der Waals surface area (Å²) < 4.78 is 32.3. The molecule has 0 radical (unpaired) electrons. The summed E-state index contributed by atoms with van der Waals surface area (Å²) in [5.74, 6) is 0.555. The van der Waals surface area contributed by atoms with Crippen molar-refractivity contribution in [3.8, 4) is 0 Å². The van der Waals surface area contributed by atoms with Crippen molar-refractivity contribution in [1.82, 2.24) is 4.72 Å². The molecule has 0 bridgehead atoms. The second kappa shape index (κ2) is 8.46. The van der Waals surface area contributed by atoms with Crippen molar-refractivity contribution in [3.05, 3.63) is 54.0 Å². The maximum Gasteiger partial charge on any atom is 0.240 e. The predicted molar refractivity (Wildman–Crippen MR) is 92.9 cm³/mol. The molecule has 1 heterocycles. The lowest BCUT2D eigenvalue weighted by Crippen LogP contribution is -2.34. The number of aryl methyl sites for hydroxylation is 1. The number of furan rings is 1. The van der Waals surface area contributed by atoms with Gasteiger partial charge in [-0.1, -0.05) is 12.1 Å². The summed E-state index contributed by atoms with van der Waals surface area (Å²) in [6.45, 7) is 1.65. The monoisotopic (exact) mass is 369 g/mol. The van der Waals surface area contributed by atoms with Crippen molar-refractivity contribution >= 4 is 27.4 Å². The van der Waals surface area contributed by atoms with E-state index in [2.05, 4.69) is 4.72 Å². The molecule has 0 aliphatic carbocycles. The lowest BCUT2D eigenvalue weighted by atomic mass is 10.1. The highest BCUT2D eigenvalue weighted by Crippen LogP contribution is 2.14. The zero-order valence-electron chi connectivity index (χ0n) is 13.4. The number of sulfonamides is 1. The second-order valence-corrected chi connectivity index (χ2v) is 7.66. The summed E-state index contributed by atoms with van der Waals surface area (Å²) in [5.41, 5.74) is 1.04. The van der Waals surface area contributed by atoms with Crippen LogP contribution in [-0.4, -0.2) is 26.1 Å². The number of halogens is 1. The van der Waals surface area contributed by atoms with Gasteiger partial charge in [-0.25, -0.2) is 13.1 Å². The van der Waals surface area contributed by atoms with Crippen molar-refractivity contribution < 1.29 is 17.6 Å². The molecular formula is C17H20ClNO4S. The number of carbonyl (C=O) groups is 1. The molecule has 1 atom stereocenters. The first kappa shape index (κ1) is 18.7. The Morgan fingerprint density at radius 1 is 1.25 bits per heavy atom. The maximum absolute atomic E-state index is 12.4. The number of benzene rings is 1. The van der Waals surface area contributed by atoms with Gasteiger partial charge in [-0.05, 0) is 49.6 Å². The highest BCUT2D eigenvalue weighted by molar-refractivity contribution is 7.89. The number of carbonyl (C=O) groups excluding carboxylic acids is 1. The van der Waals surface area contributed by atoms with E-state index in [1.165, 1.54) is 6.26 Å². The average molecular weight is 370 g/mol. The first-order chi connectivity index (χ1) is 11.4. The van der Waals surface area contributed by atoms with Gasteiger partial charge in [0, 0.05) is 18.3 Å². The Bertz CT molecular complexity index is 754. The number of hydrogen-bond donors (Lipinski definition) is 1. The molecule has 0 aliphatic rings. The number of hydrogen-bond acceptors (Lipinski definition) is 4. The van der Waals surface area contributed by atoms with Crippen LogP contribution in [0.3, 0.4) is 0 Å². The number of Topliss-reactive ketones (excluding diaryl/α,β-unsaturated/α-hetero) is 1. The van der Waals surface area contributed by atoms with Crippen LogP contribution in [0, 0.1) is 0 Å². The van der Waals surface area contributed by atoms with Crippen LogP contribution >= 0.6 is 11.6 Å². The van der Waals surface area contributed by atoms with Gasteiger partial charge in [0.05, 0.1) is 11.2 Å².